The Morgan fingerprint density at radius 3 is 2.57 bits per heavy atom. The summed E-state index contributed by atoms with van der Waals surface area (Å²) in [7, 11) is 0. The number of pyridine rings is 1. The van der Waals surface area contributed by atoms with Crippen LogP contribution in [0.15, 0.2) is 36.5 Å². The van der Waals surface area contributed by atoms with Gasteiger partial charge in [0.05, 0.1) is 22.3 Å². The average Bonchev–Trinajstić information content (AvgIpc) is 2.94. The number of aromatic nitrogens is 1. The highest BCUT2D eigenvalue weighted by atomic mass is 35.5. The highest BCUT2D eigenvalue weighted by molar-refractivity contribution is 7.17. The van der Waals surface area contributed by atoms with E-state index in [9.17, 15) is 10.0 Å². The summed E-state index contributed by atoms with van der Waals surface area (Å²) in [6, 6.07) is 9.02. The molecule has 0 aliphatic carbocycles. The highest BCUT2D eigenvalue weighted by Crippen LogP contribution is 2.23. The third-order valence-electron chi connectivity index (χ3n) is 3.49. The Morgan fingerprint density at radius 2 is 1.95 bits per heavy atom. The fourth-order valence-electron chi connectivity index (χ4n) is 2.40. The smallest absolute Gasteiger partial charge is 0.316 e. The molecule has 0 aromatic carbocycles. The number of hydrogen-bond acceptors (Lipinski definition) is 4. The van der Waals surface area contributed by atoms with Gasteiger partial charge in [0.1, 0.15) is 19.3 Å². The minimum Gasteiger partial charge on any atom is -0.350 e. The van der Waals surface area contributed by atoms with Gasteiger partial charge in [-0.05, 0) is 18.2 Å². The minimum absolute atomic E-state index is 0.0245. The van der Waals surface area contributed by atoms with Gasteiger partial charge in [-0.25, -0.2) is 0 Å². The maximum absolute atomic E-state index is 12.3. The van der Waals surface area contributed by atoms with Gasteiger partial charge in [-0.2, -0.15) is 0 Å². The molecular weight excluding hydrogens is 310 g/mol. The van der Waals surface area contributed by atoms with Crippen LogP contribution in [0, 0.1) is 0 Å². The lowest BCUT2D eigenvalue weighted by Gasteiger charge is -2.30. The molecular formula is C14H15ClN3O2S+. The van der Waals surface area contributed by atoms with Gasteiger partial charge in [0, 0.05) is 6.07 Å². The van der Waals surface area contributed by atoms with Crippen LogP contribution in [0.3, 0.4) is 0 Å². The minimum atomic E-state index is 0.0245. The summed E-state index contributed by atoms with van der Waals surface area (Å²) in [6.45, 7) is 2.64. The maximum atomic E-state index is 12.3. The van der Waals surface area contributed by atoms with E-state index < -0.39 is 0 Å². The lowest BCUT2D eigenvalue weighted by atomic mass is 10.3. The van der Waals surface area contributed by atoms with E-state index in [4.69, 9.17) is 11.6 Å². The molecule has 1 fully saturated rings. The fraction of sp³-hybridized carbons (Fsp3) is 0.286. The molecule has 1 amide bonds. The zero-order valence-electron chi connectivity index (χ0n) is 11.3. The standard InChI is InChI=1S/C14H15ClN3O2S/c15-12-5-4-11(21-12)14(19)17-9-7-16(8-10-17)13-3-1-2-6-18(13)20/h1-6,20H,7-10H2/q+1. The van der Waals surface area contributed by atoms with Gasteiger partial charge < -0.3 is 10.1 Å². The van der Waals surface area contributed by atoms with Gasteiger partial charge >= 0.3 is 5.82 Å². The third-order valence-corrected chi connectivity index (χ3v) is 4.71. The van der Waals surface area contributed by atoms with Crippen LogP contribution in [0.5, 0.6) is 0 Å². The van der Waals surface area contributed by atoms with Crippen molar-refractivity contribution in [3.05, 3.63) is 45.7 Å². The quantitative estimate of drug-likeness (QED) is 0.678. The normalized spacial score (nSPS) is 15.3. The predicted octanol–water partition coefficient (Wildman–Crippen LogP) is 1.89. The Kier molecular flexibility index (Phi) is 3.98. The van der Waals surface area contributed by atoms with Crippen molar-refractivity contribution >= 4 is 34.7 Å². The van der Waals surface area contributed by atoms with Crippen LogP contribution >= 0.6 is 22.9 Å². The van der Waals surface area contributed by atoms with E-state index in [1.165, 1.54) is 11.3 Å². The highest BCUT2D eigenvalue weighted by Gasteiger charge is 2.28. The van der Waals surface area contributed by atoms with Gasteiger partial charge in [0.25, 0.3) is 5.91 Å². The molecule has 110 valence electrons. The Balaban J connectivity index is 1.65. The van der Waals surface area contributed by atoms with Crippen LogP contribution in [0.4, 0.5) is 5.82 Å². The number of piperazine rings is 1. The first-order valence-corrected chi connectivity index (χ1v) is 7.84. The summed E-state index contributed by atoms with van der Waals surface area (Å²) in [4.78, 5) is 16.9. The molecule has 2 aromatic heterocycles. The molecule has 0 atom stereocenters. The van der Waals surface area contributed by atoms with Gasteiger partial charge in [-0.3, -0.25) is 9.69 Å². The molecule has 0 saturated carbocycles. The second-order valence-corrected chi connectivity index (χ2v) is 6.50. The van der Waals surface area contributed by atoms with E-state index in [-0.39, 0.29) is 5.91 Å². The number of thiophene rings is 1. The van der Waals surface area contributed by atoms with Crippen molar-refractivity contribution in [1.82, 2.24) is 4.90 Å². The molecule has 21 heavy (non-hydrogen) atoms. The summed E-state index contributed by atoms with van der Waals surface area (Å²) in [5.74, 6) is 0.764. The van der Waals surface area contributed by atoms with Crippen LogP contribution in [0.1, 0.15) is 9.67 Å². The van der Waals surface area contributed by atoms with Crippen molar-refractivity contribution in [2.24, 2.45) is 0 Å². The molecule has 0 unspecified atom stereocenters. The Morgan fingerprint density at radius 1 is 1.19 bits per heavy atom. The lowest BCUT2D eigenvalue weighted by Crippen LogP contribution is -2.52. The van der Waals surface area contributed by atoms with Crippen molar-refractivity contribution in [3.63, 3.8) is 0 Å². The van der Waals surface area contributed by atoms with Crippen molar-refractivity contribution < 1.29 is 14.7 Å². The summed E-state index contributed by atoms with van der Waals surface area (Å²) in [5, 5.41) is 9.80. The van der Waals surface area contributed by atoms with Gasteiger partial charge in [0.2, 0.25) is 0 Å². The molecule has 1 N–H and O–H groups in total. The molecule has 1 saturated heterocycles. The second kappa shape index (κ2) is 5.91. The summed E-state index contributed by atoms with van der Waals surface area (Å²) >= 11 is 7.18. The van der Waals surface area contributed by atoms with E-state index in [1.54, 1.807) is 24.4 Å². The number of halogens is 1. The molecule has 0 spiro atoms. The van der Waals surface area contributed by atoms with Crippen molar-refractivity contribution in [1.29, 1.82) is 0 Å². The summed E-state index contributed by atoms with van der Waals surface area (Å²) in [5.41, 5.74) is 0. The number of anilines is 1. The zero-order valence-corrected chi connectivity index (χ0v) is 12.8. The molecule has 3 heterocycles. The second-order valence-electron chi connectivity index (χ2n) is 4.79. The van der Waals surface area contributed by atoms with Gasteiger partial charge in [-0.15, -0.1) is 11.3 Å². The van der Waals surface area contributed by atoms with Crippen LogP contribution in [-0.2, 0) is 0 Å². The first kappa shape index (κ1) is 14.2. The van der Waals surface area contributed by atoms with Crippen LogP contribution in [0.25, 0.3) is 0 Å². The monoisotopic (exact) mass is 324 g/mol. The summed E-state index contributed by atoms with van der Waals surface area (Å²) < 4.78 is 1.74. The van der Waals surface area contributed by atoms with E-state index >= 15 is 0 Å². The van der Waals surface area contributed by atoms with E-state index in [0.29, 0.717) is 35.4 Å². The molecule has 1 aliphatic heterocycles. The number of amides is 1. The predicted molar refractivity (Wildman–Crippen MR) is 81.3 cm³/mol. The fourth-order valence-corrected chi connectivity index (χ4v) is 3.41. The third kappa shape index (κ3) is 2.96. The number of carbonyl (C=O) groups is 1. The van der Waals surface area contributed by atoms with E-state index in [1.807, 2.05) is 17.0 Å². The molecule has 2 aromatic rings. The van der Waals surface area contributed by atoms with Gasteiger partial charge in [0.15, 0.2) is 0 Å². The summed E-state index contributed by atoms with van der Waals surface area (Å²) in [6.07, 6.45) is 1.60. The average molecular weight is 325 g/mol. The zero-order chi connectivity index (χ0) is 14.8. The number of nitrogens with zero attached hydrogens (tertiary/aromatic N) is 3. The topological polar surface area (TPSA) is 47.7 Å². The Bertz CT molecular complexity index is 653. The number of hydrogen-bond donors (Lipinski definition) is 1. The van der Waals surface area contributed by atoms with Crippen molar-refractivity contribution in [2.45, 2.75) is 0 Å². The molecule has 5 nitrogen and oxygen atoms in total. The first-order valence-electron chi connectivity index (χ1n) is 6.64. The van der Waals surface area contributed by atoms with E-state index in [0.717, 1.165) is 10.5 Å². The first-order chi connectivity index (χ1) is 10.1. The molecule has 0 radical (unpaired) electrons. The molecule has 1 aliphatic rings. The van der Waals surface area contributed by atoms with E-state index in [2.05, 4.69) is 4.90 Å². The Hall–Kier alpha value is -1.79. The molecule has 0 bridgehead atoms. The largest absolute Gasteiger partial charge is 0.350 e. The van der Waals surface area contributed by atoms with Crippen LogP contribution < -0.4 is 9.63 Å². The van der Waals surface area contributed by atoms with Gasteiger partial charge in [-0.1, -0.05) is 22.4 Å². The Labute approximate surface area is 131 Å². The van der Waals surface area contributed by atoms with Crippen LogP contribution in [0.2, 0.25) is 4.34 Å². The van der Waals surface area contributed by atoms with Crippen LogP contribution in [-0.4, -0.2) is 42.2 Å². The number of carbonyl (C=O) groups excluding carboxylic acids is 1. The number of rotatable bonds is 2. The molecule has 3 rings (SSSR count). The SMILES string of the molecule is O=C(c1ccc(Cl)s1)N1CCN(c2cccc[n+]2O)CC1. The lowest BCUT2D eigenvalue weighted by molar-refractivity contribution is -0.894. The maximum Gasteiger partial charge on any atom is 0.316 e. The molecule has 7 heteroatoms. The van der Waals surface area contributed by atoms with Crippen molar-refractivity contribution in [2.75, 3.05) is 31.1 Å². The van der Waals surface area contributed by atoms with Crippen molar-refractivity contribution in [3.8, 4) is 0 Å².